The van der Waals surface area contributed by atoms with Crippen LogP contribution in [0.2, 0.25) is 0 Å². The molecule has 3 rings (SSSR count). The molecule has 1 aliphatic heterocycles. The van der Waals surface area contributed by atoms with Gasteiger partial charge in [-0.2, -0.15) is 0 Å². The molecule has 3 atom stereocenters. The molecule has 2 N–H and O–H groups in total. The van der Waals surface area contributed by atoms with Crippen molar-refractivity contribution < 1.29 is 19.4 Å². The van der Waals surface area contributed by atoms with Crippen LogP contribution in [0.1, 0.15) is 11.4 Å². The van der Waals surface area contributed by atoms with Crippen molar-refractivity contribution >= 4 is 16.9 Å². The van der Waals surface area contributed by atoms with Crippen molar-refractivity contribution in [3.63, 3.8) is 0 Å². The normalized spacial score (nSPS) is 24.2. The molecule has 2 aromatic rings. The fraction of sp³-hybridized carbons (Fsp3) is 0.529. The number of nitrogens with one attached hydrogen (secondary N) is 1. The van der Waals surface area contributed by atoms with Gasteiger partial charge < -0.3 is 24.5 Å². The number of rotatable bonds is 4. The molecule has 1 fully saturated rings. The van der Waals surface area contributed by atoms with Crippen LogP contribution in [0, 0.1) is 6.92 Å². The number of carbonyl (C=O) groups is 1. The number of aromatic nitrogens is 2. The lowest BCUT2D eigenvalue weighted by Gasteiger charge is -2.38. The second kappa shape index (κ2) is 6.88. The Labute approximate surface area is 140 Å². The highest BCUT2D eigenvalue weighted by Crippen LogP contribution is 2.18. The van der Waals surface area contributed by atoms with E-state index >= 15 is 0 Å². The molecule has 0 radical (unpaired) electrons. The molecule has 2 heterocycles. The summed E-state index contributed by atoms with van der Waals surface area (Å²) in [6, 6.07) is 5.49. The molecule has 0 unspecified atom stereocenters. The van der Waals surface area contributed by atoms with Crippen molar-refractivity contribution in [2.24, 2.45) is 0 Å². The fourth-order valence-corrected chi connectivity index (χ4v) is 3.01. The lowest BCUT2D eigenvalue weighted by molar-refractivity contribution is -0.157. The van der Waals surface area contributed by atoms with E-state index in [2.05, 4.69) is 9.97 Å². The van der Waals surface area contributed by atoms with Crippen LogP contribution in [-0.4, -0.2) is 71.5 Å². The lowest BCUT2D eigenvalue weighted by atomic mass is 10.0. The van der Waals surface area contributed by atoms with Gasteiger partial charge in [-0.15, -0.1) is 0 Å². The number of amides is 1. The first-order chi connectivity index (χ1) is 11.5. The van der Waals surface area contributed by atoms with Crippen molar-refractivity contribution in [1.29, 1.82) is 0 Å². The summed E-state index contributed by atoms with van der Waals surface area (Å²) < 4.78 is 10.6. The molecule has 7 heteroatoms. The predicted octanol–water partition coefficient (Wildman–Crippen LogP) is 0.647. The molecular formula is C17H23N3O4. The fourth-order valence-electron chi connectivity index (χ4n) is 3.01. The average molecular weight is 333 g/mol. The Hall–Kier alpha value is -1.96. The van der Waals surface area contributed by atoms with E-state index < -0.39 is 18.2 Å². The van der Waals surface area contributed by atoms with E-state index in [9.17, 15) is 9.90 Å². The van der Waals surface area contributed by atoms with Crippen LogP contribution in [0.15, 0.2) is 18.2 Å². The van der Waals surface area contributed by atoms with E-state index in [4.69, 9.17) is 9.47 Å². The van der Waals surface area contributed by atoms with E-state index in [1.54, 1.807) is 7.05 Å². The first-order valence-electron chi connectivity index (χ1n) is 7.99. The Balaban J connectivity index is 1.70. The largest absolute Gasteiger partial charge is 0.388 e. The molecule has 1 aromatic heterocycles. The van der Waals surface area contributed by atoms with Crippen molar-refractivity contribution in [3.05, 3.63) is 29.6 Å². The molecule has 1 aromatic carbocycles. The Morgan fingerprint density at radius 2 is 2.29 bits per heavy atom. The second-order valence-corrected chi connectivity index (χ2v) is 6.26. The summed E-state index contributed by atoms with van der Waals surface area (Å²) >= 11 is 0. The number of ether oxygens (including phenoxy) is 2. The van der Waals surface area contributed by atoms with Crippen molar-refractivity contribution in [2.45, 2.75) is 31.6 Å². The molecule has 0 aliphatic carbocycles. The van der Waals surface area contributed by atoms with Crippen LogP contribution >= 0.6 is 0 Å². The third-order valence-electron chi connectivity index (χ3n) is 4.54. The van der Waals surface area contributed by atoms with Gasteiger partial charge in [0, 0.05) is 14.2 Å². The molecule has 7 nitrogen and oxygen atoms in total. The van der Waals surface area contributed by atoms with Crippen molar-refractivity contribution in [1.82, 2.24) is 14.9 Å². The number of aromatic amines is 1. The molecule has 1 aliphatic rings. The van der Waals surface area contributed by atoms with Gasteiger partial charge in [0.25, 0.3) is 0 Å². The number of aliphatic hydroxyl groups is 1. The van der Waals surface area contributed by atoms with E-state index in [1.807, 2.05) is 25.1 Å². The van der Waals surface area contributed by atoms with Gasteiger partial charge in [-0.25, -0.2) is 4.98 Å². The Kier molecular flexibility index (Phi) is 4.84. The number of H-pyrrole nitrogens is 1. The highest BCUT2D eigenvalue weighted by molar-refractivity contribution is 5.81. The first-order valence-corrected chi connectivity index (χ1v) is 7.99. The Bertz CT molecular complexity index is 730. The number of aliphatic hydroxyl groups excluding tert-OH is 1. The quantitative estimate of drug-likeness (QED) is 0.858. The standard InChI is InChI=1S/C17H23N3O4/c1-10-4-5-11-12(6-10)19-15(18-11)7-16(21)20(2)13-8-24-9-14(23-3)17(13)22/h4-6,13-14,17,22H,7-9H2,1-3H3,(H,18,19)/t13-,14-,17+/m1/s1. The monoisotopic (exact) mass is 333 g/mol. The minimum atomic E-state index is -0.768. The summed E-state index contributed by atoms with van der Waals surface area (Å²) in [5, 5.41) is 10.3. The zero-order chi connectivity index (χ0) is 17.3. The van der Waals surface area contributed by atoms with Crippen molar-refractivity contribution in [3.8, 4) is 0 Å². The molecule has 130 valence electrons. The van der Waals surface area contributed by atoms with E-state index in [0.29, 0.717) is 19.0 Å². The topological polar surface area (TPSA) is 87.7 Å². The highest BCUT2D eigenvalue weighted by atomic mass is 16.5. The number of aryl methyl sites for hydroxylation is 1. The number of likely N-dealkylation sites (N-methyl/N-ethyl adjacent to an activating group) is 1. The van der Waals surface area contributed by atoms with E-state index in [1.165, 1.54) is 12.0 Å². The maximum absolute atomic E-state index is 12.6. The van der Waals surface area contributed by atoms with Crippen LogP contribution in [0.3, 0.4) is 0 Å². The number of hydrogen-bond acceptors (Lipinski definition) is 5. The first kappa shape index (κ1) is 16.9. The van der Waals surface area contributed by atoms with Crippen LogP contribution < -0.4 is 0 Å². The summed E-state index contributed by atoms with van der Waals surface area (Å²) in [6.07, 6.45) is -1.05. The molecule has 1 amide bonds. The van der Waals surface area contributed by atoms with Crippen LogP contribution in [0.4, 0.5) is 0 Å². The van der Waals surface area contributed by atoms with Gasteiger partial charge in [0.2, 0.25) is 5.91 Å². The third-order valence-corrected chi connectivity index (χ3v) is 4.54. The number of nitrogens with zero attached hydrogens (tertiary/aromatic N) is 2. The van der Waals surface area contributed by atoms with Gasteiger partial charge >= 0.3 is 0 Å². The summed E-state index contributed by atoms with van der Waals surface area (Å²) in [4.78, 5) is 21.7. The van der Waals surface area contributed by atoms with Crippen LogP contribution in [-0.2, 0) is 20.7 Å². The zero-order valence-electron chi connectivity index (χ0n) is 14.2. The molecule has 24 heavy (non-hydrogen) atoms. The molecule has 0 bridgehead atoms. The zero-order valence-corrected chi connectivity index (χ0v) is 14.2. The van der Waals surface area contributed by atoms with Gasteiger partial charge in [-0.1, -0.05) is 6.07 Å². The molecule has 1 saturated heterocycles. The summed E-state index contributed by atoms with van der Waals surface area (Å²) in [7, 11) is 3.20. The number of hydrogen-bond donors (Lipinski definition) is 2. The Morgan fingerprint density at radius 1 is 1.50 bits per heavy atom. The molecule has 0 spiro atoms. The number of methoxy groups -OCH3 is 1. The van der Waals surface area contributed by atoms with Crippen LogP contribution in [0.25, 0.3) is 11.0 Å². The maximum atomic E-state index is 12.6. The molecular weight excluding hydrogens is 310 g/mol. The summed E-state index contributed by atoms with van der Waals surface area (Å²) in [6.45, 7) is 2.64. The average Bonchev–Trinajstić information content (AvgIpc) is 2.95. The van der Waals surface area contributed by atoms with Crippen molar-refractivity contribution in [2.75, 3.05) is 27.4 Å². The van der Waals surface area contributed by atoms with Crippen LogP contribution in [0.5, 0.6) is 0 Å². The van der Waals surface area contributed by atoms with E-state index in [-0.39, 0.29) is 12.3 Å². The minimum absolute atomic E-state index is 0.129. The SMILES string of the molecule is CO[C@@H]1COC[C@@H](N(C)C(=O)Cc2nc3ccc(C)cc3[nH]2)[C@@H]1O. The van der Waals surface area contributed by atoms with Gasteiger partial charge in [0.1, 0.15) is 18.0 Å². The number of fused-ring (bicyclic) bond motifs is 1. The van der Waals surface area contributed by atoms with Gasteiger partial charge in [-0.05, 0) is 24.6 Å². The lowest BCUT2D eigenvalue weighted by Crippen LogP contribution is -2.57. The minimum Gasteiger partial charge on any atom is -0.388 e. The number of imidazole rings is 1. The second-order valence-electron chi connectivity index (χ2n) is 6.26. The van der Waals surface area contributed by atoms with Gasteiger partial charge in [0.05, 0.1) is 36.7 Å². The van der Waals surface area contributed by atoms with Gasteiger partial charge in [0.15, 0.2) is 0 Å². The Morgan fingerprint density at radius 3 is 3.04 bits per heavy atom. The summed E-state index contributed by atoms with van der Waals surface area (Å²) in [5.74, 6) is 0.483. The number of carbonyl (C=O) groups excluding carboxylic acids is 1. The smallest absolute Gasteiger partial charge is 0.230 e. The predicted molar refractivity (Wildman–Crippen MR) is 88.7 cm³/mol. The molecule has 0 saturated carbocycles. The van der Waals surface area contributed by atoms with E-state index in [0.717, 1.165) is 16.6 Å². The summed E-state index contributed by atoms with van der Waals surface area (Å²) in [5.41, 5.74) is 2.89. The maximum Gasteiger partial charge on any atom is 0.230 e. The number of benzene rings is 1. The van der Waals surface area contributed by atoms with Gasteiger partial charge in [-0.3, -0.25) is 4.79 Å². The highest BCUT2D eigenvalue weighted by Gasteiger charge is 2.37. The third kappa shape index (κ3) is 3.28.